The van der Waals surface area contributed by atoms with Crippen molar-refractivity contribution in [1.29, 1.82) is 5.26 Å². The maximum absolute atomic E-state index is 10.0. The van der Waals surface area contributed by atoms with E-state index < -0.39 is 5.41 Å². The molecule has 0 aliphatic carbocycles. The molecule has 2 aromatic rings. The standard InChI is InChI=1S/C20H26N2/c1-5-16(2)20(15-21,12-13-22(3)4)19-11-10-17-8-6-7-9-18(17)14-19/h6-11,14,16H,5,12-13H2,1-4H3/t16-,20+/m0/s1. The second-order valence-electron chi connectivity index (χ2n) is 6.51. The van der Waals surface area contributed by atoms with Gasteiger partial charge in [-0.1, -0.05) is 56.7 Å². The van der Waals surface area contributed by atoms with E-state index in [1.807, 2.05) is 0 Å². The van der Waals surface area contributed by atoms with Crippen molar-refractivity contribution >= 4 is 10.8 Å². The molecule has 0 aliphatic heterocycles. The van der Waals surface area contributed by atoms with Crippen LogP contribution in [0.5, 0.6) is 0 Å². The van der Waals surface area contributed by atoms with Gasteiger partial charge in [0.15, 0.2) is 0 Å². The summed E-state index contributed by atoms with van der Waals surface area (Å²) >= 11 is 0. The van der Waals surface area contributed by atoms with E-state index in [2.05, 4.69) is 81.4 Å². The summed E-state index contributed by atoms with van der Waals surface area (Å²) in [4.78, 5) is 2.16. The molecule has 0 heterocycles. The smallest absolute Gasteiger partial charge is 0.0860 e. The van der Waals surface area contributed by atoms with E-state index >= 15 is 0 Å². The lowest BCUT2D eigenvalue weighted by molar-refractivity contribution is 0.285. The molecular weight excluding hydrogens is 268 g/mol. The first-order valence-electron chi connectivity index (χ1n) is 8.08. The molecule has 0 saturated heterocycles. The molecule has 2 rings (SSSR count). The molecule has 0 fully saturated rings. The van der Waals surface area contributed by atoms with Gasteiger partial charge in [0.1, 0.15) is 0 Å². The van der Waals surface area contributed by atoms with Gasteiger partial charge in [-0.25, -0.2) is 0 Å². The summed E-state index contributed by atoms with van der Waals surface area (Å²) in [7, 11) is 4.14. The van der Waals surface area contributed by atoms with Crippen molar-refractivity contribution in [2.24, 2.45) is 5.92 Å². The van der Waals surface area contributed by atoms with Gasteiger partial charge < -0.3 is 4.90 Å². The second-order valence-corrected chi connectivity index (χ2v) is 6.51. The highest BCUT2D eigenvalue weighted by Gasteiger charge is 2.37. The molecule has 0 unspecified atom stereocenters. The van der Waals surface area contributed by atoms with E-state index in [0.29, 0.717) is 5.92 Å². The molecule has 22 heavy (non-hydrogen) atoms. The number of benzene rings is 2. The third-order valence-corrected chi connectivity index (χ3v) is 4.87. The number of nitriles is 1. The average molecular weight is 294 g/mol. The van der Waals surface area contributed by atoms with Crippen molar-refractivity contribution in [3.8, 4) is 6.07 Å². The molecular formula is C20H26N2. The van der Waals surface area contributed by atoms with Crippen molar-refractivity contribution in [2.45, 2.75) is 32.1 Å². The molecule has 0 aromatic heterocycles. The Hall–Kier alpha value is -1.85. The van der Waals surface area contributed by atoms with Crippen LogP contribution in [0.25, 0.3) is 10.8 Å². The first-order valence-corrected chi connectivity index (χ1v) is 8.08. The number of fused-ring (bicyclic) bond motifs is 1. The van der Waals surface area contributed by atoms with E-state index in [9.17, 15) is 5.26 Å². The number of rotatable bonds is 6. The summed E-state index contributed by atoms with van der Waals surface area (Å²) in [5.74, 6) is 0.332. The van der Waals surface area contributed by atoms with Gasteiger partial charge in [-0.3, -0.25) is 0 Å². The van der Waals surface area contributed by atoms with Gasteiger partial charge in [-0.15, -0.1) is 0 Å². The van der Waals surface area contributed by atoms with Crippen molar-refractivity contribution in [3.05, 3.63) is 48.0 Å². The Bertz CT molecular complexity index is 669. The molecule has 2 aromatic carbocycles. The summed E-state index contributed by atoms with van der Waals surface area (Å²) < 4.78 is 0. The van der Waals surface area contributed by atoms with Gasteiger partial charge in [0, 0.05) is 0 Å². The molecule has 0 saturated carbocycles. The highest BCUT2D eigenvalue weighted by Crippen LogP contribution is 2.38. The van der Waals surface area contributed by atoms with Crippen LogP contribution < -0.4 is 0 Å². The number of hydrogen-bond acceptors (Lipinski definition) is 2. The minimum atomic E-state index is -0.414. The summed E-state index contributed by atoms with van der Waals surface area (Å²) in [6.07, 6.45) is 1.87. The van der Waals surface area contributed by atoms with Crippen molar-refractivity contribution in [2.75, 3.05) is 20.6 Å². The topological polar surface area (TPSA) is 27.0 Å². The van der Waals surface area contributed by atoms with Crippen LogP contribution >= 0.6 is 0 Å². The van der Waals surface area contributed by atoms with E-state index in [1.165, 1.54) is 10.8 Å². The lowest BCUT2D eigenvalue weighted by Gasteiger charge is -2.34. The summed E-state index contributed by atoms with van der Waals surface area (Å²) in [6, 6.07) is 17.5. The molecule has 0 bridgehead atoms. The van der Waals surface area contributed by atoms with Gasteiger partial charge >= 0.3 is 0 Å². The fraction of sp³-hybridized carbons (Fsp3) is 0.450. The molecule has 0 N–H and O–H groups in total. The first kappa shape index (κ1) is 16.5. The summed E-state index contributed by atoms with van der Waals surface area (Å²) in [5.41, 5.74) is 0.744. The predicted molar refractivity (Wildman–Crippen MR) is 93.9 cm³/mol. The van der Waals surface area contributed by atoms with Crippen molar-refractivity contribution in [1.82, 2.24) is 4.90 Å². The molecule has 2 atom stereocenters. The molecule has 2 heteroatoms. The largest absolute Gasteiger partial charge is 0.309 e. The third-order valence-electron chi connectivity index (χ3n) is 4.87. The zero-order chi connectivity index (χ0) is 16.2. The van der Waals surface area contributed by atoms with Crippen LogP contribution in [0.2, 0.25) is 0 Å². The van der Waals surface area contributed by atoms with E-state index in [1.54, 1.807) is 0 Å². The molecule has 116 valence electrons. The minimum absolute atomic E-state index is 0.332. The van der Waals surface area contributed by atoms with E-state index in [4.69, 9.17) is 0 Å². The number of nitrogens with zero attached hydrogens (tertiary/aromatic N) is 2. The highest BCUT2D eigenvalue weighted by molar-refractivity contribution is 5.83. The molecule has 0 aliphatic rings. The van der Waals surface area contributed by atoms with Crippen LogP contribution in [-0.4, -0.2) is 25.5 Å². The molecule has 2 nitrogen and oxygen atoms in total. The predicted octanol–water partition coefficient (Wildman–Crippen LogP) is 4.60. The minimum Gasteiger partial charge on any atom is -0.309 e. The normalized spacial score (nSPS) is 15.5. The fourth-order valence-electron chi connectivity index (χ4n) is 3.12. The van der Waals surface area contributed by atoms with Gasteiger partial charge in [-0.2, -0.15) is 5.26 Å². The van der Waals surface area contributed by atoms with Crippen LogP contribution in [0.4, 0.5) is 0 Å². The maximum atomic E-state index is 10.0. The van der Waals surface area contributed by atoms with Gasteiger partial charge in [0.05, 0.1) is 11.5 Å². The maximum Gasteiger partial charge on any atom is 0.0860 e. The van der Waals surface area contributed by atoms with Crippen LogP contribution in [0.15, 0.2) is 42.5 Å². The Morgan fingerprint density at radius 3 is 2.41 bits per heavy atom. The molecule has 0 radical (unpaired) electrons. The fourth-order valence-corrected chi connectivity index (χ4v) is 3.12. The van der Waals surface area contributed by atoms with Gasteiger partial charge in [-0.05, 0) is 55.4 Å². The quantitative estimate of drug-likeness (QED) is 0.778. The lowest BCUT2D eigenvalue weighted by Crippen LogP contribution is -2.35. The molecule has 0 amide bonds. The Kier molecular flexibility index (Phi) is 5.21. The summed E-state index contributed by atoms with van der Waals surface area (Å²) in [6.45, 7) is 5.30. The highest BCUT2D eigenvalue weighted by atomic mass is 15.0. The van der Waals surface area contributed by atoms with E-state index in [0.717, 1.165) is 24.9 Å². The Labute approximate surface area is 134 Å². The zero-order valence-corrected chi connectivity index (χ0v) is 14.1. The Morgan fingerprint density at radius 2 is 1.82 bits per heavy atom. The lowest BCUT2D eigenvalue weighted by atomic mass is 9.68. The van der Waals surface area contributed by atoms with Crippen LogP contribution in [0.1, 0.15) is 32.3 Å². The number of hydrogen-bond donors (Lipinski definition) is 0. The zero-order valence-electron chi connectivity index (χ0n) is 14.1. The van der Waals surface area contributed by atoms with Gasteiger partial charge in [0.25, 0.3) is 0 Å². The average Bonchev–Trinajstić information content (AvgIpc) is 2.55. The van der Waals surface area contributed by atoms with Crippen LogP contribution in [0, 0.1) is 17.2 Å². The summed E-state index contributed by atoms with van der Waals surface area (Å²) in [5, 5.41) is 12.5. The van der Waals surface area contributed by atoms with Gasteiger partial charge in [0.2, 0.25) is 0 Å². The van der Waals surface area contributed by atoms with Crippen LogP contribution in [-0.2, 0) is 5.41 Å². The monoisotopic (exact) mass is 294 g/mol. The Balaban J connectivity index is 2.52. The first-order chi connectivity index (χ1) is 10.5. The SMILES string of the molecule is CC[C@H](C)[C@](C#N)(CCN(C)C)c1ccc2ccccc2c1. The van der Waals surface area contributed by atoms with Crippen molar-refractivity contribution in [3.63, 3.8) is 0 Å². The Morgan fingerprint density at radius 1 is 1.14 bits per heavy atom. The van der Waals surface area contributed by atoms with Crippen LogP contribution in [0.3, 0.4) is 0 Å². The third kappa shape index (κ3) is 3.15. The van der Waals surface area contributed by atoms with E-state index in [-0.39, 0.29) is 0 Å². The van der Waals surface area contributed by atoms with Crippen molar-refractivity contribution < 1.29 is 0 Å². The second kappa shape index (κ2) is 6.94. The molecule has 0 spiro atoms.